The zero-order valence-electron chi connectivity index (χ0n) is 9.39. The van der Waals surface area contributed by atoms with Gasteiger partial charge in [-0.1, -0.05) is 6.07 Å². The van der Waals surface area contributed by atoms with E-state index in [0.717, 1.165) is 31.5 Å². The first kappa shape index (κ1) is 16.2. The first-order valence-electron chi connectivity index (χ1n) is 5.24. The standard InChI is InChI=1S/C11H15N3O.2ClH/c12-11(15)10-9(4-2-6-14-10)8-3-1-5-13-7-8;;/h2,4,6,8,13H,1,3,5,7H2,(H2,12,15);2*1H/t8-;;/m0../s1. The first-order valence-corrected chi connectivity index (χ1v) is 5.24. The summed E-state index contributed by atoms with van der Waals surface area (Å²) in [5, 5.41) is 3.32. The lowest BCUT2D eigenvalue weighted by atomic mass is 9.90. The number of nitrogens with one attached hydrogen (secondary N) is 1. The Labute approximate surface area is 113 Å². The first-order chi connectivity index (χ1) is 7.29. The van der Waals surface area contributed by atoms with Crippen LogP contribution in [-0.4, -0.2) is 24.0 Å². The molecule has 17 heavy (non-hydrogen) atoms. The van der Waals surface area contributed by atoms with E-state index in [-0.39, 0.29) is 24.8 Å². The number of pyridine rings is 1. The van der Waals surface area contributed by atoms with E-state index in [1.165, 1.54) is 0 Å². The highest BCUT2D eigenvalue weighted by Crippen LogP contribution is 2.24. The summed E-state index contributed by atoms with van der Waals surface area (Å²) in [6, 6.07) is 3.81. The van der Waals surface area contributed by atoms with E-state index in [1.807, 2.05) is 12.1 Å². The van der Waals surface area contributed by atoms with Gasteiger partial charge in [0.2, 0.25) is 0 Å². The van der Waals surface area contributed by atoms with Crippen LogP contribution in [0.3, 0.4) is 0 Å². The molecule has 1 aliphatic rings. The molecule has 0 radical (unpaired) electrons. The number of aromatic nitrogens is 1. The zero-order valence-corrected chi connectivity index (χ0v) is 11.0. The van der Waals surface area contributed by atoms with Crippen LogP contribution in [0.5, 0.6) is 0 Å². The molecular formula is C11H17Cl2N3O. The van der Waals surface area contributed by atoms with Crippen LogP contribution in [0, 0.1) is 0 Å². The lowest BCUT2D eigenvalue weighted by molar-refractivity contribution is 0.0994. The SMILES string of the molecule is Cl.Cl.NC(=O)c1ncccc1[C@H]1CCCNC1. The van der Waals surface area contributed by atoms with Crippen molar-refractivity contribution in [1.29, 1.82) is 0 Å². The van der Waals surface area contributed by atoms with Crippen LogP contribution in [0.1, 0.15) is 34.8 Å². The van der Waals surface area contributed by atoms with Gasteiger partial charge < -0.3 is 11.1 Å². The molecule has 0 aromatic carbocycles. The highest BCUT2D eigenvalue weighted by Gasteiger charge is 2.20. The van der Waals surface area contributed by atoms with Gasteiger partial charge in [0.1, 0.15) is 5.69 Å². The summed E-state index contributed by atoms with van der Waals surface area (Å²) in [6.07, 6.45) is 3.84. The Kier molecular flexibility index (Phi) is 7.11. The Morgan fingerprint density at radius 1 is 1.47 bits per heavy atom. The van der Waals surface area contributed by atoms with E-state index in [9.17, 15) is 4.79 Å². The maximum absolute atomic E-state index is 11.2. The minimum atomic E-state index is -0.434. The summed E-state index contributed by atoms with van der Waals surface area (Å²) in [5.41, 5.74) is 6.71. The number of primary amides is 1. The lowest BCUT2D eigenvalue weighted by Gasteiger charge is -2.23. The third-order valence-electron chi connectivity index (χ3n) is 2.81. The van der Waals surface area contributed by atoms with Crippen LogP contribution < -0.4 is 11.1 Å². The predicted octanol–water partition coefficient (Wildman–Crippen LogP) is 1.49. The fraction of sp³-hybridized carbons (Fsp3) is 0.455. The second-order valence-electron chi connectivity index (χ2n) is 3.85. The average molecular weight is 278 g/mol. The molecule has 0 saturated carbocycles. The smallest absolute Gasteiger partial charge is 0.267 e. The van der Waals surface area contributed by atoms with Crippen LogP contribution in [0.15, 0.2) is 18.3 Å². The molecule has 1 amide bonds. The number of rotatable bonds is 2. The van der Waals surface area contributed by atoms with E-state index < -0.39 is 5.91 Å². The monoisotopic (exact) mass is 277 g/mol. The molecule has 1 fully saturated rings. The number of carbonyl (C=O) groups excluding carboxylic acids is 1. The quantitative estimate of drug-likeness (QED) is 0.861. The normalized spacial score (nSPS) is 18.7. The Morgan fingerprint density at radius 3 is 2.82 bits per heavy atom. The molecule has 96 valence electrons. The van der Waals surface area contributed by atoms with E-state index in [1.54, 1.807) is 6.20 Å². The summed E-state index contributed by atoms with van der Waals surface area (Å²) in [6.45, 7) is 1.97. The zero-order chi connectivity index (χ0) is 10.7. The lowest BCUT2D eigenvalue weighted by Crippen LogP contribution is -2.30. The van der Waals surface area contributed by atoms with Gasteiger partial charge in [-0.25, -0.2) is 0 Å². The molecule has 1 aromatic heterocycles. The van der Waals surface area contributed by atoms with E-state index in [4.69, 9.17) is 5.73 Å². The summed E-state index contributed by atoms with van der Waals surface area (Å²) in [4.78, 5) is 15.3. The van der Waals surface area contributed by atoms with Crippen molar-refractivity contribution in [3.8, 4) is 0 Å². The van der Waals surface area contributed by atoms with Gasteiger partial charge in [0, 0.05) is 12.7 Å². The van der Waals surface area contributed by atoms with Gasteiger partial charge in [0.05, 0.1) is 0 Å². The van der Waals surface area contributed by atoms with E-state index in [0.29, 0.717) is 11.6 Å². The fourth-order valence-corrected chi connectivity index (χ4v) is 2.07. The van der Waals surface area contributed by atoms with E-state index in [2.05, 4.69) is 10.3 Å². The number of piperidine rings is 1. The van der Waals surface area contributed by atoms with Gasteiger partial charge in [-0.3, -0.25) is 9.78 Å². The number of halogens is 2. The van der Waals surface area contributed by atoms with Gasteiger partial charge in [0.25, 0.3) is 5.91 Å². The molecule has 1 aliphatic heterocycles. The van der Waals surface area contributed by atoms with Gasteiger partial charge in [0.15, 0.2) is 0 Å². The summed E-state index contributed by atoms with van der Waals surface area (Å²) >= 11 is 0. The van der Waals surface area contributed by atoms with Gasteiger partial charge >= 0.3 is 0 Å². The molecule has 0 spiro atoms. The van der Waals surface area contributed by atoms with Crippen molar-refractivity contribution in [3.63, 3.8) is 0 Å². The van der Waals surface area contributed by atoms with Crippen molar-refractivity contribution in [2.75, 3.05) is 13.1 Å². The van der Waals surface area contributed by atoms with Crippen molar-refractivity contribution in [2.45, 2.75) is 18.8 Å². The average Bonchev–Trinajstić information content (AvgIpc) is 2.30. The maximum Gasteiger partial charge on any atom is 0.267 e. The molecule has 1 atom stereocenters. The molecule has 2 rings (SSSR count). The maximum atomic E-state index is 11.2. The summed E-state index contributed by atoms with van der Waals surface area (Å²) < 4.78 is 0. The van der Waals surface area contributed by atoms with Crippen molar-refractivity contribution in [2.24, 2.45) is 5.73 Å². The number of nitrogens with zero attached hydrogens (tertiary/aromatic N) is 1. The van der Waals surface area contributed by atoms with Crippen LogP contribution in [0.25, 0.3) is 0 Å². The van der Waals surface area contributed by atoms with Gasteiger partial charge in [-0.05, 0) is 36.9 Å². The molecule has 1 aromatic rings. The van der Waals surface area contributed by atoms with Crippen molar-refractivity contribution in [3.05, 3.63) is 29.6 Å². The van der Waals surface area contributed by atoms with Crippen LogP contribution in [0.4, 0.5) is 0 Å². The second kappa shape index (κ2) is 7.48. The minimum absolute atomic E-state index is 0. The fourth-order valence-electron chi connectivity index (χ4n) is 2.07. The molecule has 0 aliphatic carbocycles. The molecular weight excluding hydrogens is 261 g/mol. The highest BCUT2D eigenvalue weighted by molar-refractivity contribution is 5.92. The second-order valence-corrected chi connectivity index (χ2v) is 3.85. The van der Waals surface area contributed by atoms with Crippen LogP contribution in [0.2, 0.25) is 0 Å². The molecule has 6 heteroatoms. The van der Waals surface area contributed by atoms with E-state index >= 15 is 0 Å². The molecule has 0 unspecified atom stereocenters. The van der Waals surface area contributed by atoms with Crippen molar-refractivity contribution < 1.29 is 4.79 Å². The van der Waals surface area contributed by atoms with Crippen molar-refractivity contribution >= 4 is 30.7 Å². The number of hydrogen-bond donors (Lipinski definition) is 2. The Morgan fingerprint density at radius 2 is 2.24 bits per heavy atom. The molecule has 4 nitrogen and oxygen atoms in total. The topological polar surface area (TPSA) is 68.0 Å². The number of carbonyl (C=O) groups is 1. The molecule has 1 saturated heterocycles. The summed E-state index contributed by atoms with van der Waals surface area (Å²) in [5.74, 6) is -0.0638. The Bertz CT molecular complexity index is 367. The highest BCUT2D eigenvalue weighted by atomic mass is 35.5. The molecule has 3 N–H and O–H groups in total. The third-order valence-corrected chi connectivity index (χ3v) is 2.81. The Hall–Kier alpha value is -0.840. The largest absolute Gasteiger partial charge is 0.364 e. The minimum Gasteiger partial charge on any atom is -0.364 e. The molecule has 2 heterocycles. The van der Waals surface area contributed by atoms with Gasteiger partial charge in [-0.2, -0.15) is 0 Å². The molecule has 0 bridgehead atoms. The van der Waals surface area contributed by atoms with Gasteiger partial charge in [-0.15, -0.1) is 24.8 Å². The number of hydrogen-bond acceptors (Lipinski definition) is 3. The summed E-state index contributed by atoms with van der Waals surface area (Å²) in [7, 11) is 0. The Balaban J connectivity index is 0.00000128. The third kappa shape index (κ3) is 3.84. The predicted molar refractivity (Wildman–Crippen MR) is 72.1 cm³/mol. The van der Waals surface area contributed by atoms with Crippen LogP contribution >= 0.6 is 24.8 Å². The number of amides is 1. The van der Waals surface area contributed by atoms with Crippen LogP contribution in [-0.2, 0) is 0 Å². The van der Waals surface area contributed by atoms with Crippen molar-refractivity contribution in [1.82, 2.24) is 10.3 Å². The number of nitrogens with two attached hydrogens (primary N) is 1.